The summed E-state index contributed by atoms with van der Waals surface area (Å²) in [6.45, 7) is 12.5. The van der Waals surface area contributed by atoms with Gasteiger partial charge in [-0.25, -0.2) is 4.79 Å². The number of ether oxygens (including phenoxy) is 1. The van der Waals surface area contributed by atoms with Gasteiger partial charge in [-0.15, -0.1) is 0 Å². The fraction of sp³-hybridized carbons (Fsp3) is 0.696. The molecule has 5 amide bonds. The number of nitrogens with one attached hydrogen (secondary N) is 2. The van der Waals surface area contributed by atoms with Crippen LogP contribution in [-0.4, -0.2) is 120 Å². The molecule has 1 aromatic rings. The van der Waals surface area contributed by atoms with Gasteiger partial charge in [-0.3, -0.25) is 28.8 Å². The van der Waals surface area contributed by atoms with E-state index in [4.69, 9.17) is 4.74 Å². The first kappa shape index (κ1) is 54.1. The van der Waals surface area contributed by atoms with E-state index in [2.05, 4.69) is 10.6 Å². The third kappa shape index (κ3) is 17.2. The molecule has 1 aliphatic heterocycles. The van der Waals surface area contributed by atoms with Crippen molar-refractivity contribution in [1.82, 2.24) is 25.3 Å². The molecule has 352 valence electrons. The number of Topliss-reactive ketones (excluding diaryl/α,β-unsaturated/α-hetero) is 1. The van der Waals surface area contributed by atoms with Crippen LogP contribution in [0.3, 0.4) is 0 Å². The van der Waals surface area contributed by atoms with Crippen molar-refractivity contribution in [3.05, 3.63) is 35.9 Å². The lowest BCUT2D eigenvalue weighted by atomic mass is 9.86. The summed E-state index contributed by atoms with van der Waals surface area (Å²) in [6, 6.07) is 3.35. The number of benzene rings is 1. The summed E-state index contributed by atoms with van der Waals surface area (Å²) in [5.41, 5.74) is 0.701. The molecule has 17 heteroatoms. The minimum Gasteiger partial charge on any atom is -0.451 e. The van der Waals surface area contributed by atoms with E-state index in [1.165, 1.54) is 25.9 Å². The van der Waals surface area contributed by atoms with Crippen LogP contribution in [0.1, 0.15) is 118 Å². The van der Waals surface area contributed by atoms with Crippen molar-refractivity contribution < 1.29 is 51.5 Å². The zero-order valence-corrected chi connectivity index (χ0v) is 38.6. The highest BCUT2D eigenvalue weighted by molar-refractivity contribution is 5.97. The number of cyclic esters (lactones) is 1. The van der Waals surface area contributed by atoms with Gasteiger partial charge in [-0.2, -0.15) is 18.4 Å². The molecule has 1 fully saturated rings. The van der Waals surface area contributed by atoms with E-state index in [9.17, 15) is 52.0 Å². The first-order valence-electron chi connectivity index (χ1n) is 22.0. The lowest BCUT2D eigenvalue weighted by molar-refractivity contribution is -0.166. The molecule has 0 bridgehead atoms. The minimum atomic E-state index is -4.99. The number of hydrogen-bond acceptors (Lipinski definition) is 9. The third-order valence-corrected chi connectivity index (χ3v) is 11.5. The Hall–Kier alpha value is -5.01. The number of hydrogen-bond donors (Lipinski definition) is 2. The van der Waals surface area contributed by atoms with E-state index in [1.807, 2.05) is 27.7 Å². The molecule has 2 rings (SSSR count). The SMILES string of the molecule is CCCC[C@@H](C)CC1NC(=O)[C@H](Cc2ccccc2)N(C)C(=O)[C@H](CC(C)C)CC(=O)[C@H](CC(C)C)N(C)C(=O)[C@H](CC(F)(F)F)NC(=O)[C@@H](CCC#N)OC(=O)[C@H](C)N(C)C1=O. The van der Waals surface area contributed by atoms with E-state index in [-0.39, 0.29) is 49.9 Å². The number of amides is 5. The third-order valence-electron chi connectivity index (χ3n) is 11.5. The molecule has 0 aliphatic carbocycles. The van der Waals surface area contributed by atoms with Gasteiger partial charge in [-0.05, 0) is 49.5 Å². The monoisotopic (exact) mass is 891 g/mol. The van der Waals surface area contributed by atoms with Gasteiger partial charge >= 0.3 is 12.1 Å². The van der Waals surface area contributed by atoms with E-state index in [1.54, 1.807) is 50.2 Å². The van der Waals surface area contributed by atoms with Gasteiger partial charge in [0.15, 0.2) is 11.9 Å². The van der Waals surface area contributed by atoms with Gasteiger partial charge in [0.25, 0.3) is 5.91 Å². The summed E-state index contributed by atoms with van der Waals surface area (Å²) < 4.78 is 47.8. The first-order chi connectivity index (χ1) is 29.4. The number of nitrogens with zero attached hydrogens (tertiary/aromatic N) is 4. The Balaban J connectivity index is 2.90. The van der Waals surface area contributed by atoms with Crippen LogP contribution in [0.5, 0.6) is 0 Å². The molecule has 1 aliphatic rings. The maximum atomic E-state index is 14.7. The molecule has 0 radical (unpaired) electrons. The maximum absolute atomic E-state index is 14.7. The van der Waals surface area contributed by atoms with Crippen molar-refractivity contribution in [1.29, 1.82) is 5.26 Å². The summed E-state index contributed by atoms with van der Waals surface area (Å²) >= 11 is 0. The molecule has 0 saturated carbocycles. The second-order valence-electron chi connectivity index (χ2n) is 17.9. The van der Waals surface area contributed by atoms with Gasteiger partial charge in [0.05, 0.1) is 18.5 Å². The van der Waals surface area contributed by atoms with Crippen LogP contribution in [0.15, 0.2) is 30.3 Å². The van der Waals surface area contributed by atoms with E-state index in [0.717, 1.165) is 29.7 Å². The molecule has 1 aromatic carbocycles. The zero-order chi connectivity index (χ0) is 47.8. The maximum Gasteiger partial charge on any atom is 0.391 e. The lowest BCUT2D eigenvalue weighted by Crippen LogP contribution is -2.57. The summed E-state index contributed by atoms with van der Waals surface area (Å²) in [5.74, 6) is -7.69. The minimum absolute atomic E-state index is 0.00509. The number of ketones is 1. The number of esters is 1. The second-order valence-corrected chi connectivity index (χ2v) is 17.9. The van der Waals surface area contributed by atoms with Crippen LogP contribution in [0.2, 0.25) is 0 Å². The van der Waals surface area contributed by atoms with Crippen molar-refractivity contribution >= 4 is 41.3 Å². The Morgan fingerprint density at radius 2 is 1.37 bits per heavy atom. The molecule has 0 spiro atoms. The van der Waals surface area contributed by atoms with Crippen molar-refractivity contribution in [3.8, 4) is 6.07 Å². The number of carbonyl (C=O) groups is 7. The molecule has 8 atom stereocenters. The fourth-order valence-electron chi connectivity index (χ4n) is 7.79. The van der Waals surface area contributed by atoms with Gasteiger partial charge in [0.2, 0.25) is 23.6 Å². The van der Waals surface area contributed by atoms with Crippen LogP contribution >= 0.6 is 0 Å². The van der Waals surface area contributed by atoms with Crippen LogP contribution in [0.4, 0.5) is 13.2 Å². The molecule has 1 unspecified atom stereocenters. The summed E-state index contributed by atoms with van der Waals surface area (Å²) in [7, 11) is 3.91. The van der Waals surface area contributed by atoms with Crippen LogP contribution in [0.25, 0.3) is 0 Å². The first-order valence-corrected chi connectivity index (χ1v) is 22.0. The number of unbranched alkanes of at least 4 members (excludes halogenated alkanes) is 1. The molecule has 2 N–H and O–H groups in total. The number of likely N-dealkylation sites (N-methyl/N-ethyl adjacent to an activating group) is 3. The highest BCUT2D eigenvalue weighted by Crippen LogP contribution is 2.27. The summed E-state index contributed by atoms with van der Waals surface area (Å²) in [4.78, 5) is 103. The Labute approximate surface area is 371 Å². The van der Waals surface area contributed by atoms with Gasteiger partial charge in [-0.1, -0.05) is 91.1 Å². The van der Waals surface area contributed by atoms with E-state index in [0.29, 0.717) is 12.0 Å². The second kappa shape index (κ2) is 25.3. The molecule has 14 nitrogen and oxygen atoms in total. The summed E-state index contributed by atoms with van der Waals surface area (Å²) in [5, 5.41) is 14.3. The molecule has 0 aromatic heterocycles. The predicted octanol–water partition coefficient (Wildman–Crippen LogP) is 5.77. The quantitative estimate of drug-likeness (QED) is 0.219. The number of carbonyl (C=O) groups excluding carboxylic acids is 7. The molecule has 63 heavy (non-hydrogen) atoms. The van der Waals surface area contributed by atoms with Crippen LogP contribution < -0.4 is 10.6 Å². The Morgan fingerprint density at radius 1 is 0.794 bits per heavy atom. The highest BCUT2D eigenvalue weighted by Gasteiger charge is 2.43. The normalized spacial score (nSPS) is 25.1. The average Bonchev–Trinajstić information content (AvgIpc) is 3.21. The molecule has 1 heterocycles. The van der Waals surface area contributed by atoms with Crippen molar-refractivity contribution in [2.24, 2.45) is 23.7 Å². The average molecular weight is 891 g/mol. The lowest BCUT2D eigenvalue weighted by Gasteiger charge is -2.35. The van der Waals surface area contributed by atoms with Gasteiger partial charge < -0.3 is 30.1 Å². The number of halogens is 3. The number of alkyl halides is 3. The molecular weight excluding hydrogens is 822 g/mol. The Bertz CT molecular complexity index is 1750. The van der Waals surface area contributed by atoms with Crippen LogP contribution in [0, 0.1) is 35.0 Å². The molecule has 1 saturated heterocycles. The van der Waals surface area contributed by atoms with Gasteiger partial charge in [0, 0.05) is 52.7 Å². The van der Waals surface area contributed by atoms with E-state index >= 15 is 0 Å². The van der Waals surface area contributed by atoms with Crippen molar-refractivity contribution in [2.45, 2.75) is 162 Å². The Morgan fingerprint density at radius 3 is 1.92 bits per heavy atom. The van der Waals surface area contributed by atoms with E-state index < -0.39 is 109 Å². The van der Waals surface area contributed by atoms with Crippen LogP contribution in [-0.2, 0) is 44.7 Å². The number of rotatable bonds is 14. The molecular formula is C46H69F3N6O8. The predicted molar refractivity (Wildman–Crippen MR) is 230 cm³/mol. The highest BCUT2D eigenvalue weighted by atomic mass is 19.4. The largest absolute Gasteiger partial charge is 0.451 e. The van der Waals surface area contributed by atoms with Crippen molar-refractivity contribution in [3.63, 3.8) is 0 Å². The number of nitriles is 1. The topological polar surface area (TPSA) is 186 Å². The van der Waals surface area contributed by atoms with Gasteiger partial charge in [0.1, 0.15) is 24.2 Å². The smallest absolute Gasteiger partial charge is 0.391 e. The standard InChI is InChI=1S/C46H69F3N6O8/c1-11-12-17-30(6)24-34-43(60)53(8)31(7)45(62)63-39(20-16-21-50)41(58)52-35(27-46(47,48)49)44(61)54(9)36(23-29(4)5)38(56)26-33(22-28(2)3)42(59)55(10)37(40(57)51-34)25-32-18-14-13-15-19-32/h13-15,18-19,28-31,33-37,39H,11-12,16-17,20,22-27H2,1-10H3,(H,51,57)(H,52,58)/t30-,31+,33-,34?,35+,36+,37+,39-/m1/s1. The Kier molecular flexibility index (Phi) is 21.8. The van der Waals surface area contributed by atoms with Crippen molar-refractivity contribution in [2.75, 3.05) is 21.1 Å². The zero-order valence-electron chi connectivity index (χ0n) is 38.6. The fourth-order valence-corrected chi connectivity index (χ4v) is 7.79. The summed E-state index contributed by atoms with van der Waals surface area (Å²) in [6.07, 6.45) is -7.09.